The summed E-state index contributed by atoms with van der Waals surface area (Å²) in [5.41, 5.74) is 0.731. The van der Waals surface area contributed by atoms with Gasteiger partial charge in [0.25, 0.3) is 0 Å². The molecule has 1 aromatic carbocycles. The van der Waals surface area contributed by atoms with Gasteiger partial charge < -0.3 is 9.72 Å². The maximum absolute atomic E-state index is 11.8. The first-order valence-electron chi connectivity index (χ1n) is 5.30. The molecule has 0 unspecified atom stereocenters. The number of aromatic amines is 1. The highest BCUT2D eigenvalue weighted by atomic mass is 35.5. The number of aromatic nitrogens is 2. The number of ether oxygens (including phenoxy) is 1. The van der Waals surface area contributed by atoms with E-state index in [1.54, 1.807) is 37.7 Å². The highest BCUT2D eigenvalue weighted by Gasteiger charge is 2.10. The summed E-state index contributed by atoms with van der Waals surface area (Å²) >= 11 is 5.89. The second kappa shape index (κ2) is 5.55. The van der Waals surface area contributed by atoms with Gasteiger partial charge in [0.2, 0.25) is 11.9 Å². The number of imidazole rings is 1. The van der Waals surface area contributed by atoms with E-state index in [-0.39, 0.29) is 12.3 Å². The van der Waals surface area contributed by atoms with Gasteiger partial charge in [0.05, 0.1) is 13.5 Å². The van der Waals surface area contributed by atoms with Crippen LogP contribution in [0.3, 0.4) is 0 Å². The summed E-state index contributed by atoms with van der Waals surface area (Å²) in [5, 5.41) is 3.20. The lowest BCUT2D eigenvalue weighted by Gasteiger charge is -2.08. The molecule has 18 heavy (non-hydrogen) atoms. The maximum atomic E-state index is 11.8. The van der Waals surface area contributed by atoms with E-state index in [9.17, 15) is 4.79 Å². The van der Waals surface area contributed by atoms with Gasteiger partial charge in [-0.3, -0.25) is 10.1 Å². The molecule has 0 aliphatic carbocycles. The summed E-state index contributed by atoms with van der Waals surface area (Å²) in [6.45, 7) is 0. The SMILES string of the molecule is COc1ccc(Cl)cc1CC(=O)Nc1ncc[nH]1. The number of amides is 1. The number of hydrogen-bond donors (Lipinski definition) is 2. The van der Waals surface area contributed by atoms with Crippen LogP contribution >= 0.6 is 11.6 Å². The predicted octanol–water partition coefficient (Wildman–Crippen LogP) is 2.25. The molecule has 5 nitrogen and oxygen atoms in total. The van der Waals surface area contributed by atoms with Crippen LogP contribution in [0.1, 0.15) is 5.56 Å². The Balaban J connectivity index is 2.08. The second-order valence-electron chi connectivity index (χ2n) is 3.62. The Hall–Kier alpha value is -2.01. The topological polar surface area (TPSA) is 67.0 Å². The fourth-order valence-electron chi connectivity index (χ4n) is 1.57. The quantitative estimate of drug-likeness (QED) is 0.891. The van der Waals surface area contributed by atoms with E-state index in [4.69, 9.17) is 16.3 Å². The molecular formula is C12H12ClN3O2. The molecule has 0 aliphatic rings. The monoisotopic (exact) mass is 265 g/mol. The average molecular weight is 266 g/mol. The highest BCUT2D eigenvalue weighted by molar-refractivity contribution is 6.30. The second-order valence-corrected chi connectivity index (χ2v) is 4.06. The summed E-state index contributed by atoms with van der Waals surface area (Å²) in [5.74, 6) is 0.862. The van der Waals surface area contributed by atoms with Gasteiger partial charge in [-0.15, -0.1) is 0 Å². The van der Waals surface area contributed by atoms with E-state index < -0.39 is 0 Å². The van der Waals surface area contributed by atoms with Crippen molar-refractivity contribution in [3.8, 4) is 5.75 Å². The largest absolute Gasteiger partial charge is 0.496 e. The maximum Gasteiger partial charge on any atom is 0.231 e. The lowest BCUT2D eigenvalue weighted by Crippen LogP contribution is -2.15. The Bertz CT molecular complexity index is 540. The lowest BCUT2D eigenvalue weighted by atomic mass is 10.1. The van der Waals surface area contributed by atoms with Gasteiger partial charge in [0.15, 0.2) is 0 Å². The fraction of sp³-hybridized carbons (Fsp3) is 0.167. The van der Waals surface area contributed by atoms with Gasteiger partial charge in [-0.25, -0.2) is 4.98 Å². The van der Waals surface area contributed by atoms with Crippen LogP contribution in [0.15, 0.2) is 30.6 Å². The van der Waals surface area contributed by atoms with Gasteiger partial charge in [0.1, 0.15) is 5.75 Å². The molecule has 1 heterocycles. The predicted molar refractivity (Wildman–Crippen MR) is 68.9 cm³/mol. The number of carbonyl (C=O) groups excluding carboxylic acids is 1. The van der Waals surface area contributed by atoms with Gasteiger partial charge in [-0.2, -0.15) is 0 Å². The Morgan fingerprint density at radius 1 is 1.56 bits per heavy atom. The summed E-state index contributed by atoms with van der Waals surface area (Å²) in [6, 6.07) is 5.16. The van der Waals surface area contributed by atoms with E-state index in [2.05, 4.69) is 15.3 Å². The van der Waals surface area contributed by atoms with E-state index in [1.807, 2.05) is 0 Å². The summed E-state index contributed by atoms with van der Waals surface area (Å²) < 4.78 is 5.17. The minimum Gasteiger partial charge on any atom is -0.496 e. The lowest BCUT2D eigenvalue weighted by molar-refractivity contribution is -0.115. The van der Waals surface area contributed by atoms with Crippen molar-refractivity contribution in [2.24, 2.45) is 0 Å². The molecule has 0 bridgehead atoms. The average Bonchev–Trinajstić information content (AvgIpc) is 2.82. The van der Waals surface area contributed by atoms with Crippen LogP contribution in [0.4, 0.5) is 5.95 Å². The number of halogens is 1. The molecule has 0 spiro atoms. The van der Waals surface area contributed by atoms with Crippen molar-refractivity contribution in [1.82, 2.24) is 9.97 Å². The van der Waals surface area contributed by atoms with Crippen LogP contribution in [0.25, 0.3) is 0 Å². The normalized spacial score (nSPS) is 10.1. The third kappa shape index (κ3) is 3.01. The zero-order valence-corrected chi connectivity index (χ0v) is 10.5. The Kier molecular flexibility index (Phi) is 3.84. The molecule has 0 aliphatic heterocycles. The smallest absolute Gasteiger partial charge is 0.231 e. The molecule has 0 fully saturated rings. The van der Waals surface area contributed by atoms with Crippen molar-refractivity contribution in [2.45, 2.75) is 6.42 Å². The van der Waals surface area contributed by atoms with Gasteiger partial charge in [0, 0.05) is 23.0 Å². The summed E-state index contributed by atoms with van der Waals surface area (Å²) in [4.78, 5) is 18.5. The number of hydrogen-bond acceptors (Lipinski definition) is 3. The van der Waals surface area contributed by atoms with Crippen molar-refractivity contribution < 1.29 is 9.53 Å². The molecule has 1 amide bonds. The standard InChI is InChI=1S/C12H12ClN3O2/c1-18-10-3-2-9(13)6-8(10)7-11(17)16-12-14-4-5-15-12/h2-6H,7H2,1H3,(H2,14,15,16,17). The molecule has 0 radical (unpaired) electrons. The third-order valence-electron chi connectivity index (χ3n) is 2.35. The third-order valence-corrected chi connectivity index (χ3v) is 2.58. The molecule has 1 aromatic heterocycles. The van der Waals surface area contributed by atoms with Crippen molar-refractivity contribution in [2.75, 3.05) is 12.4 Å². The zero-order valence-electron chi connectivity index (χ0n) is 9.74. The van der Waals surface area contributed by atoms with Crippen LogP contribution in [0.5, 0.6) is 5.75 Å². The molecule has 2 N–H and O–H groups in total. The first kappa shape index (κ1) is 12.4. The number of benzene rings is 1. The highest BCUT2D eigenvalue weighted by Crippen LogP contribution is 2.23. The van der Waals surface area contributed by atoms with Gasteiger partial charge in [-0.05, 0) is 18.2 Å². The summed E-state index contributed by atoms with van der Waals surface area (Å²) in [6.07, 6.45) is 3.37. The first-order valence-corrected chi connectivity index (χ1v) is 5.68. The molecular weight excluding hydrogens is 254 g/mol. The van der Waals surface area contributed by atoms with Gasteiger partial charge in [-0.1, -0.05) is 11.6 Å². The van der Waals surface area contributed by atoms with E-state index >= 15 is 0 Å². The van der Waals surface area contributed by atoms with Gasteiger partial charge >= 0.3 is 0 Å². The Labute approximate surface area is 109 Å². The number of nitrogens with one attached hydrogen (secondary N) is 2. The number of rotatable bonds is 4. The minimum absolute atomic E-state index is 0.171. The molecule has 2 rings (SSSR count). The minimum atomic E-state index is -0.189. The first-order chi connectivity index (χ1) is 8.69. The molecule has 0 saturated heterocycles. The van der Waals surface area contributed by atoms with E-state index in [0.29, 0.717) is 16.7 Å². The van der Waals surface area contributed by atoms with Crippen LogP contribution in [0.2, 0.25) is 5.02 Å². The van der Waals surface area contributed by atoms with Crippen molar-refractivity contribution >= 4 is 23.5 Å². The van der Waals surface area contributed by atoms with Crippen LogP contribution in [-0.4, -0.2) is 23.0 Å². The van der Waals surface area contributed by atoms with Crippen molar-refractivity contribution in [1.29, 1.82) is 0 Å². The van der Waals surface area contributed by atoms with Crippen LogP contribution in [0, 0.1) is 0 Å². The molecule has 0 saturated carbocycles. The van der Waals surface area contributed by atoms with Crippen LogP contribution in [-0.2, 0) is 11.2 Å². The zero-order chi connectivity index (χ0) is 13.0. The summed E-state index contributed by atoms with van der Waals surface area (Å²) in [7, 11) is 1.55. The molecule has 6 heteroatoms. The number of H-pyrrole nitrogens is 1. The van der Waals surface area contributed by atoms with Crippen molar-refractivity contribution in [3.63, 3.8) is 0 Å². The molecule has 2 aromatic rings. The number of methoxy groups -OCH3 is 1. The van der Waals surface area contributed by atoms with Crippen molar-refractivity contribution in [3.05, 3.63) is 41.2 Å². The molecule has 0 atom stereocenters. The number of carbonyl (C=O) groups is 1. The van der Waals surface area contributed by atoms with E-state index in [1.165, 1.54) is 0 Å². The molecule has 94 valence electrons. The Morgan fingerprint density at radius 3 is 3.06 bits per heavy atom. The number of nitrogens with zero attached hydrogens (tertiary/aromatic N) is 1. The van der Waals surface area contributed by atoms with Crippen LogP contribution < -0.4 is 10.1 Å². The van der Waals surface area contributed by atoms with E-state index in [0.717, 1.165) is 5.56 Å². The fourth-order valence-corrected chi connectivity index (χ4v) is 1.76. The number of anilines is 1. The Morgan fingerprint density at radius 2 is 2.39 bits per heavy atom.